The monoisotopic (exact) mass is 383 g/mol. The van der Waals surface area contributed by atoms with Gasteiger partial charge < -0.3 is 24.0 Å². The molecule has 0 saturated carbocycles. The summed E-state index contributed by atoms with van der Waals surface area (Å²) >= 11 is 0. The van der Waals surface area contributed by atoms with Crippen LogP contribution in [-0.2, 0) is 11.3 Å². The molecule has 1 heterocycles. The van der Waals surface area contributed by atoms with E-state index in [1.807, 2.05) is 68.4 Å². The lowest BCUT2D eigenvalue weighted by Crippen LogP contribution is -2.19. The molecule has 0 aliphatic carbocycles. The molecular formula is C21H25N3O4. The highest BCUT2D eigenvalue weighted by molar-refractivity contribution is 5.83. The van der Waals surface area contributed by atoms with Crippen molar-refractivity contribution in [2.45, 2.75) is 13.5 Å². The van der Waals surface area contributed by atoms with Crippen LogP contribution in [0, 0.1) is 0 Å². The zero-order valence-electron chi connectivity index (χ0n) is 16.4. The Balaban J connectivity index is 2.01. The largest absolute Gasteiger partial charge is 0.490 e. The second-order valence-electron chi connectivity index (χ2n) is 6.65. The number of hydrogen-bond donors (Lipinski definition) is 1. The van der Waals surface area contributed by atoms with Crippen molar-refractivity contribution in [2.75, 3.05) is 33.9 Å². The number of likely N-dealkylation sites (N-methyl/N-ethyl adjacent to an activating group) is 1. The Bertz CT molecular complexity index is 965. The average molecular weight is 383 g/mol. The number of para-hydroxylation sites is 2. The highest BCUT2D eigenvalue weighted by Crippen LogP contribution is 2.34. The van der Waals surface area contributed by atoms with Crippen molar-refractivity contribution in [1.29, 1.82) is 0 Å². The molecule has 0 fully saturated rings. The number of imidazole rings is 1. The van der Waals surface area contributed by atoms with Gasteiger partial charge in [0.05, 0.1) is 17.6 Å². The lowest BCUT2D eigenvalue weighted by atomic mass is 10.2. The third-order valence-electron chi connectivity index (χ3n) is 4.25. The van der Waals surface area contributed by atoms with Gasteiger partial charge in [0.25, 0.3) is 0 Å². The Labute approximate surface area is 164 Å². The summed E-state index contributed by atoms with van der Waals surface area (Å²) in [7, 11) is 3.98. The number of aromatic nitrogens is 2. The van der Waals surface area contributed by atoms with Gasteiger partial charge in [-0.05, 0) is 51.4 Å². The predicted octanol–water partition coefficient (Wildman–Crippen LogP) is 3.13. The van der Waals surface area contributed by atoms with Gasteiger partial charge in [0.15, 0.2) is 11.5 Å². The molecule has 0 aliphatic rings. The minimum atomic E-state index is -0.918. The maximum absolute atomic E-state index is 11.4. The van der Waals surface area contributed by atoms with E-state index in [4.69, 9.17) is 9.47 Å². The molecular weight excluding hydrogens is 358 g/mol. The highest BCUT2D eigenvalue weighted by Gasteiger charge is 2.17. The number of aliphatic carboxylic acids is 1. The molecule has 1 N–H and O–H groups in total. The lowest BCUT2D eigenvalue weighted by molar-refractivity contribution is -0.137. The van der Waals surface area contributed by atoms with Gasteiger partial charge in [0, 0.05) is 12.1 Å². The van der Waals surface area contributed by atoms with Crippen LogP contribution in [0.1, 0.15) is 6.92 Å². The van der Waals surface area contributed by atoms with Crippen molar-refractivity contribution in [3.05, 3.63) is 42.5 Å². The van der Waals surface area contributed by atoms with Gasteiger partial charge in [-0.1, -0.05) is 12.1 Å². The summed E-state index contributed by atoms with van der Waals surface area (Å²) in [5.74, 6) is 0.948. The Hall–Kier alpha value is -3.06. The maximum Gasteiger partial charge on any atom is 0.323 e. The van der Waals surface area contributed by atoms with Gasteiger partial charge in [0.2, 0.25) is 0 Å². The average Bonchev–Trinajstić information content (AvgIpc) is 3.01. The van der Waals surface area contributed by atoms with Crippen LogP contribution < -0.4 is 9.47 Å². The van der Waals surface area contributed by atoms with E-state index in [0.717, 1.165) is 23.1 Å². The molecule has 7 nitrogen and oxygen atoms in total. The second-order valence-corrected chi connectivity index (χ2v) is 6.65. The molecule has 28 heavy (non-hydrogen) atoms. The summed E-state index contributed by atoms with van der Waals surface area (Å²) in [6.07, 6.45) is 0. The van der Waals surface area contributed by atoms with Crippen molar-refractivity contribution in [3.8, 4) is 22.9 Å². The molecule has 0 radical (unpaired) electrons. The molecule has 0 aliphatic heterocycles. The fraction of sp³-hybridized carbons (Fsp3) is 0.333. The van der Waals surface area contributed by atoms with Crippen LogP contribution in [0.4, 0.5) is 0 Å². The summed E-state index contributed by atoms with van der Waals surface area (Å²) in [6, 6.07) is 13.1. The molecule has 0 saturated heterocycles. The molecule has 148 valence electrons. The first-order valence-electron chi connectivity index (χ1n) is 9.21. The fourth-order valence-corrected chi connectivity index (χ4v) is 2.96. The van der Waals surface area contributed by atoms with E-state index >= 15 is 0 Å². The normalized spacial score (nSPS) is 11.1. The van der Waals surface area contributed by atoms with E-state index in [9.17, 15) is 9.90 Å². The van der Waals surface area contributed by atoms with E-state index < -0.39 is 5.97 Å². The highest BCUT2D eigenvalue weighted by atomic mass is 16.5. The van der Waals surface area contributed by atoms with E-state index in [1.54, 1.807) is 4.57 Å². The molecule has 7 heteroatoms. The second kappa shape index (κ2) is 8.75. The number of benzene rings is 2. The topological polar surface area (TPSA) is 76.8 Å². The smallest absolute Gasteiger partial charge is 0.323 e. The number of ether oxygens (including phenoxy) is 2. The lowest BCUT2D eigenvalue weighted by Gasteiger charge is -2.15. The summed E-state index contributed by atoms with van der Waals surface area (Å²) in [6.45, 7) is 3.58. The number of carbonyl (C=O) groups is 1. The van der Waals surface area contributed by atoms with Gasteiger partial charge >= 0.3 is 5.97 Å². The Morgan fingerprint density at radius 2 is 1.93 bits per heavy atom. The van der Waals surface area contributed by atoms with E-state index in [1.165, 1.54) is 0 Å². The summed E-state index contributed by atoms with van der Waals surface area (Å²) in [4.78, 5) is 18.1. The Kier molecular flexibility index (Phi) is 6.16. The standard InChI is InChI=1S/C21H25N3O4/c1-4-27-19-13-15(9-10-18(19)28-12-11-23(2)3)21-22-16-7-5-6-8-17(16)24(21)14-20(25)26/h5-10,13H,4,11-12,14H2,1-3H3,(H,25,26). The van der Waals surface area contributed by atoms with Gasteiger partial charge in [-0.3, -0.25) is 4.79 Å². The van der Waals surface area contributed by atoms with Crippen LogP contribution >= 0.6 is 0 Å². The van der Waals surface area contributed by atoms with Crippen molar-refractivity contribution in [2.24, 2.45) is 0 Å². The van der Waals surface area contributed by atoms with Gasteiger partial charge in [-0.2, -0.15) is 0 Å². The molecule has 3 rings (SSSR count). The van der Waals surface area contributed by atoms with E-state index in [0.29, 0.717) is 30.5 Å². The summed E-state index contributed by atoms with van der Waals surface area (Å²) < 4.78 is 13.3. The Morgan fingerprint density at radius 1 is 1.14 bits per heavy atom. The number of nitrogens with zero attached hydrogens (tertiary/aromatic N) is 3. The first-order valence-corrected chi connectivity index (χ1v) is 9.21. The van der Waals surface area contributed by atoms with Crippen LogP contribution in [0.5, 0.6) is 11.5 Å². The zero-order valence-corrected chi connectivity index (χ0v) is 16.4. The van der Waals surface area contributed by atoms with Crippen molar-refractivity contribution < 1.29 is 19.4 Å². The van der Waals surface area contributed by atoms with Crippen LogP contribution in [0.25, 0.3) is 22.4 Å². The van der Waals surface area contributed by atoms with E-state index in [-0.39, 0.29) is 6.54 Å². The third kappa shape index (κ3) is 4.43. The number of hydrogen-bond acceptors (Lipinski definition) is 5. The summed E-state index contributed by atoms with van der Waals surface area (Å²) in [5, 5.41) is 9.34. The zero-order chi connectivity index (χ0) is 20.1. The molecule has 2 aromatic carbocycles. The molecule has 0 bridgehead atoms. The first kappa shape index (κ1) is 19.7. The van der Waals surface area contributed by atoms with Gasteiger partial charge in [0.1, 0.15) is 19.0 Å². The van der Waals surface area contributed by atoms with Crippen LogP contribution in [0.3, 0.4) is 0 Å². The molecule has 0 spiro atoms. The summed E-state index contributed by atoms with van der Waals surface area (Å²) in [5.41, 5.74) is 2.31. The molecule has 0 unspecified atom stereocenters. The predicted molar refractivity (Wildman–Crippen MR) is 108 cm³/mol. The first-order chi connectivity index (χ1) is 13.5. The van der Waals surface area contributed by atoms with Crippen molar-refractivity contribution in [1.82, 2.24) is 14.5 Å². The number of rotatable bonds is 9. The van der Waals surface area contributed by atoms with Gasteiger partial charge in [-0.15, -0.1) is 0 Å². The molecule has 1 aromatic heterocycles. The fourth-order valence-electron chi connectivity index (χ4n) is 2.96. The van der Waals surface area contributed by atoms with Crippen molar-refractivity contribution in [3.63, 3.8) is 0 Å². The Morgan fingerprint density at radius 3 is 2.64 bits per heavy atom. The van der Waals surface area contributed by atoms with Crippen molar-refractivity contribution >= 4 is 17.0 Å². The minimum Gasteiger partial charge on any atom is -0.490 e. The number of fused-ring (bicyclic) bond motifs is 1. The van der Waals surface area contributed by atoms with Crippen LogP contribution in [0.2, 0.25) is 0 Å². The molecule has 0 amide bonds. The third-order valence-corrected chi connectivity index (χ3v) is 4.25. The van der Waals surface area contributed by atoms with Gasteiger partial charge in [-0.25, -0.2) is 4.98 Å². The quantitative estimate of drug-likeness (QED) is 0.612. The number of carboxylic acids is 1. The van der Waals surface area contributed by atoms with Crippen LogP contribution in [-0.4, -0.2) is 59.4 Å². The van der Waals surface area contributed by atoms with E-state index in [2.05, 4.69) is 4.98 Å². The SMILES string of the molecule is CCOc1cc(-c2nc3ccccc3n2CC(=O)O)ccc1OCCN(C)C. The molecule has 0 atom stereocenters. The number of carboxylic acid groups (broad SMARTS) is 1. The maximum atomic E-state index is 11.4. The minimum absolute atomic E-state index is 0.166. The molecule has 3 aromatic rings. The van der Waals surface area contributed by atoms with Crippen LogP contribution in [0.15, 0.2) is 42.5 Å².